The van der Waals surface area contributed by atoms with E-state index in [9.17, 15) is 9.59 Å². The van der Waals surface area contributed by atoms with Crippen LogP contribution in [0.1, 0.15) is 21.7 Å². The van der Waals surface area contributed by atoms with E-state index in [-0.39, 0.29) is 24.9 Å². The number of nitrogens with zero attached hydrogens (tertiary/aromatic N) is 3. The molecule has 0 unspecified atom stereocenters. The molecule has 7 nitrogen and oxygen atoms in total. The number of likely N-dealkylation sites (N-methyl/N-ethyl adjacent to an activating group) is 1. The van der Waals surface area contributed by atoms with E-state index in [1.807, 2.05) is 47.8 Å². The number of aromatic nitrogens is 2. The van der Waals surface area contributed by atoms with Gasteiger partial charge in [-0.15, -0.1) is 11.3 Å². The molecule has 0 saturated heterocycles. The first-order valence-corrected chi connectivity index (χ1v) is 10.7. The van der Waals surface area contributed by atoms with E-state index in [0.717, 1.165) is 10.4 Å². The maximum absolute atomic E-state index is 13.2. The van der Waals surface area contributed by atoms with E-state index in [4.69, 9.17) is 4.42 Å². The molecule has 31 heavy (non-hydrogen) atoms. The van der Waals surface area contributed by atoms with Gasteiger partial charge in [-0.3, -0.25) is 14.3 Å². The van der Waals surface area contributed by atoms with Crippen LogP contribution < -0.4 is 5.32 Å². The second-order valence-electron chi connectivity index (χ2n) is 7.07. The van der Waals surface area contributed by atoms with E-state index in [0.29, 0.717) is 23.6 Å². The summed E-state index contributed by atoms with van der Waals surface area (Å²) in [4.78, 5) is 27.8. The van der Waals surface area contributed by atoms with E-state index in [1.165, 1.54) is 16.2 Å². The Balaban J connectivity index is 1.49. The van der Waals surface area contributed by atoms with Gasteiger partial charge in [0.05, 0.1) is 36.3 Å². The second-order valence-corrected chi connectivity index (χ2v) is 8.02. The fraction of sp³-hybridized carbons (Fsp3) is 0.174. The minimum Gasteiger partial charge on any atom is -0.467 e. The van der Waals surface area contributed by atoms with E-state index >= 15 is 0 Å². The van der Waals surface area contributed by atoms with Crippen molar-refractivity contribution in [3.05, 3.63) is 89.3 Å². The number of rotatable bonds is 8. The van der Waals surface area contributed by atoms with Crippen molar-refractivity contribution in [1.29, 1.82) is 0 Å². The summed E-state index contributed by atoms with van der Waals surface area (Å²) in [5, 5.41) is 9.37. The monoisotopic (exact) mass is 434 g/mol. The van der Waals surface area contributed by atoms with Crippen LogP contribution >= 0.6 is 11.3 Å². The highest BCUT2D eigenvalue weighted by Gasteiger charge is 2.23. The molecule has 158 valence electrons. The highest BCUT2D eigenvalue weighted by Crippen LogP contribution is 2.27. The van der Waals surface area contributed by atoms with Crippen LogP contribution in [0.5, 0.6) is 0 Å². The van der Waals surface area contributed by atoms with Crippen LogP contribution in [-0.4, -0.2) is 40.1 Å². The Bertz CT molecular complexity index is 1140. The van der Waals surface area contributed by atoms with Crippen molar-refractivity contribution in [1.82, 2.24) is 20.0 Å². The number of benzene rings is 1. The lowest BCUT2D eigenvalue weighted by molar-refractivity contribution is -0.121. The average Bonchev–Trinajstić information content (AvgIpc) is 3.54. The second kappa shape index (κ2) is 9.44. The van der Waals surface area contributed by atoms with E-state index in [2.05, 4.69) is 10.4 Å². The van der Waals surface area contributed by atoms with Crippen molar-refractivity contribution in [2.24, 2.45) is 0 Å². The Labute approximate surface area is 183 Å². The topological polar surface area (TPSA) is 80.4 Å². The van der Waals surface area contributed by atoms with Crippen molar-refractivity contribution in [3.63, 3.8) is 0 Å². The Kier molecular flexibility index (Phi) is 6.28. The molecule has 4 rings (SSSR count). The Morgan fingerprint density at radius 1 is 1.13 bits per heavy atom. The van der Waals surface area contributed by atoms with Gasteiger partial charge in [-0.05, 0) is 29.1 Å². The van der Waals surface area contributed by atoms with Gasteiger partial charge in [0.1, 0.15) is 11.5 Å². The summed E-state index contributed by atoms with van der Waals surface area (Å²) in [6.07, 6.45) is 3.30. The number of thiophene rings is 1. The van der Waals surface area contributed by atoms with Gasteiger partial charge in [-0.1, -0.05) is 36.4 Å². The van der Waals surface area contributed by atoms with E-state index < -0.39 is 0 Å². The van der Waals surface area contributed by atoms with Crippen LogP contribution in [0, 0.1) is 0 Å². The molecule has 0 aliphatic rings. The van der Waals surface area contributed by atoms with Crippen LogP contribution in [0.2, 0.25) is 0 Å². The third kappa shape index (κ3) is 5.10. The lowest BCUT2D eigenvalue weighted by atomic mass is 10.2. The summed E-state index contributed by atoms with van der Waals surface area (Å²) >= 11 is 1.52. The quantitative estimate of drug-likeness (QED) is 0.459. The van der Waals surface area contributed by atoms with Gasteiger partial charge < -0.3 is 14.6 Å². The molecule has 3 heterocycles. The summed E-state index contributed by atoms with van der Waals surface area (Å²) in [5.41, 5.74) is 2.19. The minimum atomic E-state index is -0.262. The van der Waals surface area contributed by atoms with Gasteiger partial charge in [0, 0.05) is 13.2 Å². The van der Waals surface area contributed by atoms with Crippen LogP contribution in [0.25, 0.3) is 10.6 Å². The fourth-order valence-electron chi connectivity index (χ4n) is 3.17. The van der Waals surface area contributed by atoms with Crippen LogP contribution in [0.4, 0.5) is 0 Å². The third-order valence-corrected chi connectivity index (χ3v) is 5.58. The van der Waals surface area contributed by atoms with Gasteiger partial charge in [-0.25, -0.2) is 0 Å². The molecule has 0 fully saturated rings. The average molecular weight is 435 g/mol. The van der Waals surface area contributed by atoms with Gasteiger partial charge in [0.15, 0.2) is 0 Å². The number of hydrogen-bond donors (Lipinski definition) is 1. The zero-order valence-corrected chi connectivity index (χ0v) is 17.8. The SMILES string of the molecule is CN(CC(=O)NCc1ccco1)C(=O)c1cn(Cc2ccccc2)nc1-c1cccs1. The molecule has 0 aliphatic carbocycles. The molecule has 3 aromatic heterocycles. The highest BCUT2D eigenvalue weighted by atomic mass is 32.1. The molecule has 8 heteroatoms. The number of amides is 2. The Morgan fingerprint density at radius 2 is 1.97 bits per heavy atom. The lowest BCUT2D eigenvalue weighted by Gasteiger charge is -2.16. The third-order valence-electron chi connectivity index (χ3n) is 4.70. The summed E-state index contributed by atoms with van der Waals surface area (Å²) in [6, 6.07) is 17.3. The van der Waals surface area contributed by atoms with Crippen molar-refractivity contribution in [3.8, 4) is 10.6 Å². The molecule has 0 bridgehead atoms. The first-order valence-electron chi connectivity index (χ1n) is 9.80. The van der Waals surface area contributed by atoms with Crippen molar-refractivity contribution in [2.75, 3.05) is 13.6 Å². The Morgan fingerprint density at radius 3 is 2.68 bits per heavy atom. The summed E-state index contributed by atoms with van der Waals surface area (Å²) < 4.78 is 6.98. The smallest absolute Gasteiger partial charge is 0.257 e. The fourth-order valence-corrected chi connectivity index (χ4v) is 3.90. The van der Waals surface area contributed by atoms with Crippen LogP contribution in [0.3, 0.4) is 0 Å². The molecule has 1 N–H and O–H groups in total. The molecular weight excluding hydrogens is 412 g/mol. The molecule has 0 aliphatic heterocycles. The molecule has 0 spiro atoms. The zero-order valence-electron chi connectivity index (χ0n) is 17.0. The summed E-state index contributed by atoms with van der Waals surface area (Å²) in [7, 11) is 1.61. The number of carbonyl (C=O) groups is 2. The predicted molar refractivity (Wildman–Crippen MR) is 119 cm³/mol. The molecule has 0 radical (unpaired) electrons. The van der Waals surface area contributed by atoms with Crippen molar-refractivity contribution < 1.29 is 14.0 Å². The van der Waals surface area contributed by atoms with Crippen molar-refractivity contribution in [2.45, 2.75) is 13.1 Å². The molecule has 2 amide bonds. The normalized spacial score (nSPS) is 10.7. The summed E-state index contributed by atoms with van der Waals surface area (Å²) in [6.45, 7) is 0.774. The maximum atomic E-state index is 13.2. The van der Waals surface area contributed by atoms with Gasteiger partial charge >= 0.3 is 0 Å². The highest BCUT2D eigenvalue weighted by molar-refractivity contribution is 7.13. The van der Waals surface area contributed by atoms with Gasteiger partial charge in [-0.2, -0.15) is 5.10 Å². The summed E-state index contributed by atoms with van der Waals surface area (Å²) in [5.74, 6) is 0.141. The first-order chi connectivity index (χ1) is 15.1. The predicted octanol–water partition coefficient (Wildman–Crippen LogP) is 3.64. The standard InChI is InChI=1S/C23H22N4O3S/c1-26(16-21(28)24-13-18-9-5-11-30-18)23(29)19-15-27(14-17-7-3-2-4-8-17)25-22(19)20-10-6-12-31-20/h2-12,15H,13-14,16H2,1H3,(H,24,28). The maximum Gasteiger partial charge on any atom is 0.257 e. The molecular formula is C23H22N4O3S. The number of furan rings is 1. The number of hydrogen-bond acceptors (Lipinski definition) is 5. The molecule has 1 aromatic carbocycles. The molecule has 0 atom stereocenters. The molecule has 0 saturated carbocycles. The minimum absolute atomic E-state index is 0.0622. The van der Waals surface area contributed by atoms with Gasteiger partial charge in [0.25, 0.3) is 5.91 Å². The first kappa shape index (κ1) is 20.6. The van der Waals surface area contributed by atoms with Crippen molar-refractivity contribution >= 4 is 23.2 Å². The lowest BCUT2D eigenvalue weighted by Crippen LogP contribution is -2.38. The Hall–Kier alpha value is -3.65. The number of carbonyl (C=O) groups excluding carboxylic acids is 2. The van der Waals surface area contributed by atoms with Gasteiger partial charge in [0.2, 0.25) is 5.91 Å². The number of nitrogens with one attached hydrogen (secondary N) is 1. The molecule has 4 aromatic rings. The van der Waals surface area contributed by atoms with E-state index in [1.54, 1.807) is 36.3 Å². The van der Waals surface area contributed by atoms with Crippen LogP contribution in [0.15, 0.2) is 76.9 Å². The zero-order chi connectivity index (χ0) is 21.6. The van der Waals surface area contributed by atoms with Crippen LogP contribution in [-0.2, 0) is 17.9 Å². The largest absolute Gasteiger partial charge is 0.467 e.